The van der Waals surface area contributed by atoms with Crippen molar-refractivity contribution >= 4 is 5.97 Å². The van der Waals surface area contributed by atoms with Crippen LogP contribution in [0.1, 0.15) is 76.4 Å². The Bertz CT molecular complexity index is 450. The van der Waals surface area contributed by atoms with E-state index in [2.05, 4.69) is 11.9 Å². The molecule has 0 aromatic carbocycles. The van der Waals surface area contributed by atoms with Gasteiger partial charge in [-0.15, -0.1) is 0 Å². The zero-order chi connectivity index (χ0) is 16.9. The van der Waals surface area contributed by atoms with Gasteiger partial charge in [0.2, 0.25) is 5.88 Å². The molecule has 1 aromatic heterocycles. The molecule has 0 radical (unpaired) electrons. The van der Waals surface area contributed by atoms with Gasteiger partial charge in [-0.2, -0.15) is 0 Å². The molecule has 1 aromatic rings. The number of nitrogens with zero attached hydrogens (tertiary/aromatic N) is 1. The molecule has 5 heteroatoms. The van der Waals surface area contributed by atoms with Gasteiger partial charge in [0.1, 0.15) is 0 Å². The molecule has 130 valence electrons. The molecular formula is C18H28NO4-. The number of hydrogen-bond acceptors (Lipinski definition) is 5. The fourth-order valence-corrected chi connectivity index (χ4v) is 2.41. The van der Waals surface area contributed by atoms with Crippen molar-refractivity contribution in [2.24, 2.45) is 0 Å². The third kappa shape index (κ3) is 8.55. The van der Waals surface area contributed by atoms with Crippen molar-refractivity contribution in [1.82, 2.24) is 4.98 Å². The molecule has 0 aliphatic rings. The molecule has 1 unspecified atom stereocenters. The highest BCUT2D eigenvalue weighted by molar-refractivity contribution is 5.64. The molecule has 0 aliphatic heterocycles. The molecular weight excluding hydrogens is 294 g/mol. The summed E-state index contributed by atoms with van der Waals surface area (Å²) < 4.78 is 5.69. The van der Waals surface area contributed by atoms with Crippen LogP contribution in [-0.4, -0.2) is 22.7 Å². The first kappa shape index (κ1) is 19.4. The van der Waals surface area contributed by atoms with Crippen molar-refractivity contribution in [1.29, 1.82) is 0 Å². The lowest BCUT2D eigenvalue weighted by atomic mass is 10.0. The normalized spacial score (nSPS) is 12.1. The average molecular weight is 322 g/mol. The topological polar surface area (TPSA) is 82.5 Å². The van der Waals surface area contributed by atoms with Gasteiger partial charge in [-0.05, 0) is 37.8 Å². The summed E-state index contributed by atoms with van der Waals surface area (Å²) in [5.74, 6) is -0.474. The van der Waals surface area contributed by atoms with Crippen molar-refractivity contribution in [3.8, 4) is 5.88 Å². The predicted molar refractivity (Wildman–Crippen MR) is 86.9 cm³/mol. The Morgan fingerprint density at radius 3 is 2.78 bits per heavy atom. The number of unbranched alkanes of at least 4 members (excludes halogenated alkanes) is 5. The standard InChI is InChI=1S/C18H29NO4/c1-2-3-8-14-23-18-15(10-9-13-19-18)16(20)11-6-4-5-7-12-17(21)22/h9-10,13,16,20H,2-8,11-12,14H2,1H3,(H,21,22)/p-1. The maximum Gasteiger partial charge on any atom is 0.219 e. The van der Waals surface area contributed by atoms with Crippen LogP contribution in [0.15, 0.2) is 18.3 Å². The number of aliphatic hydroxyl groups is 1. The molecule has 0 saturated carbocycles. The van der Waals surface area contributed by atoms with Crippen molar-refractivity contribution < 1.29 is 19.7 Å². The van der Waals surface area contributed by atoms with Crippen LogP contribution in [0, 0.1) is 0 Å². The number of ether oxygens (including phenoxy) is 1. The first-order valence-corrected chi connectivity index (χ1v) is 8.60. The van der Waals surface area contributed by atoms with E-state index in [1.165, 1.54) is 0 Å². The number of carboxylic acid groups (broad SMARTS) is 1. The smallest absolute Gasteiger partial charge is 0.219 e. The Balaban J connectivity index is 2.34. The van der Waals surface area contributed by atoms with Gasteiger partial charge in [0, 0.05) is 17.7 Å². The van der Waals surface area contributed by atoms with Crippen LogP contribution in [0.3, 0.4) is 0 Å². The quantitative estimate of drug-likeness (QED) is 0.565. The minimum atomic E-state index is -0.995. The number of pyridine rings is 1. The van der Waals surface area contributed by atoms with E-state index < -0.39 is 12.1 Å². The first-order chi connectivity index (χ1) is 11.1. The molecule has 23 heavy (non-hydrogen) atoms. The third-order valence-electron chi connectivity index (χ3n) is 3.75. The van der Waals surface area contributed by atoms with Crippen LogP contribution < -0.4 is 9.84 Å². The summed E-state index contributed by atoms with van der Waals surface area (Å²) in [5.41, 5.74) is 0.735. The summed E-state index contributed by atoms with van der Waals surface area (Å²) in [5, 5.41) is 20.6. The molecule has 0 aliphatic carbocycles. The number of hydrogen-bond donors (Lipinski definition) is 1. The summed E-state index contributed by atoms with van der Waals surface area (Å²) >= 11 is 0. The van der Waals surface area contributed by atoms with Crippen molar-refractivity contribution in [3.63, 3.8) is 0 Å². The van der Waals surface area contributed by atoms with Gasteiger partial charge in [0.15, 0.2) is 0 Å². The van der Waals surface area contributed by atoms with E-state index in [-0.39, 0.29) is 6.42 Å². The summed E-state index contributed by atoms with van der Waals surface area (Å²) in [4.78, 5) is 14.5. The lowest BCUT2D eigenvalue weighted by Gasteiger charge is -2.15. The zero-order valence-corrected chi connectivity index (χ0v) is 14.0. The second kappa shape index (κ2) is 11.9. The van der Waals surface area contributed by atoms with Gasteiger partial charge in [0.25, 0.3) is 0 Å². The van der Waals surface area contributed by atoms with E-state index in [0.29, 0.717) is 25.3 Å². The molecule has 1 rings (SSSR count). The molecule has 1 atom stereocenters. The van der Waals surface area contributed by atoms with Gasteiger partial charge in [0.05, 0.1) is 12.7 Å². The summed E-state index contributed by atoms with van der Waals surface area (Å²) in [6.07, 6.45) is 8.29. The second-order valence-corrected chi connectivity index (χ2v) is 5.79. The van der Waals surface area contributed by atoms with Gasteiger partial charge < -0.3 is 19.7 Å². The number of carbonyl (C=O) groups is 1. The molecule has 0 fully saturated rings. The number of aliphatic hydroxyl groups excluding tert-OH is 1. The lowest BCUT2D eigenvalue weighted by Crippen LogP contribution is -2.21. The highest BCUT2D eigenvalue weighted by atomic mass is 16.5. The van der Waals surface area contributed by atoms with Crippen LogP contribution in [0.25, 0.3) is 0 Å². The van der Waals surface area contributed by atoms with Crippen molar-refractivity contribution in [2.45, 2.75) is 70.8 Å². The maximum absolute atomic E-state index is 10.3. The number of aliphatic carboxylic acids is 1. The lowest BCUT2D eigenvalue weighted by molar-refractivity contribution is -0.305. The predicted octanol–water partition coefficient (Wildman–Crippen LogP) is 2.77. The van der Waals surface area contributed by atoms with E-state index in [1.54, 1.807) is 12.3 Å². The Morgan fingerprint density at radius 1 is 1.26 bits per heavy atom. The Hall–Kier alpha value is -1.62. The molecule has 0 amide bonds. The minimum absolute atomic E-state index is 0.112. The molecule has 0 saturated heterocycles. The first-order valence-electron chi connectivity index (χ1n) is 8.60. The number of rotatable bonds is 13. The second-order valence-electron chi connectivity index (χ2n) is 5.79. The van der Waals surface area contributed by atoms with E-state index in [1.807, 2.05) is 6.07 Å². The Morgan fingerprint density at radius 2 is 2.04 bits per heavy atom. The van der Waals surface area contributed by atoms with Gasteiger partial charge >= 0.3 is 0 Å². The number of carboxylic acids is 1. The summed E-state index contributed by atoms with van der Waals surface area (Å²) in [7, 11) is 0. The highest BCUT2D eigenvalue weighted by Crippen LogP contribution is 2.27. The van der Waals surface area contributed by atoms with Gasteiger partial charge in [-0.1, -0.05) is 39.0 Å². The van der Waals surface area contributed by atoms with Gasteiger partial charge in [-0.25, -0.2) is 4.98 Å². The molecule has 0 bridgehead atoms. The molecule has 1 N–H and O–H groups in total. The monoisotopic (exact) mass is 322 g/mol. The van der Waals surface area contributed by atoms with Crippen LogP contribution in [0.4, 0.5) is 0 Å². The van der Waals surface area contributed by atoms with E-state index in [0.717, 1.165) is 44.1 Å². The summed E-state index contributed by atoms with van der Waals surface area (Å²) in [6, 6.07) is 3.65. The van der Waals surface area contributed by atoms with Crippen LogP contribution in [0.5, 0.6) is 5.88 Å². The minimum Gasteiger partial charge on any atom is -0.550 e. The number of aromatic nitrogens is 1. The third-order valence-corrected chi connectivity index (χ3v) is 3.75. The van der Waals surface area contributed by atoms with E-state index >= 15 is 0 Å². The fraction of sp³-hybridized carbons (Fsp3) is 0.667. The Kier molecular flexibility index (Phi) is 10.0. The summed E-state index contributed by atoms with van der Waals surface area (Å²) in [6.45, 7) is 2.76. The van der Waals surface area contributed by atoms with Crippen molar-refractivity contribution in [2.75, 3.05) is 6.61 Å². The highest BCUT2D eigenvalue weighted by Gasteiger charge is 2.14. The average Bonchev–Trinajstić information content (AvgIpc) is 2.54. The maximum atomic E-state index is 10.3. The van der Waals surface area contributed by atoms with Crippen molar-refractivity contribution in [3.05, 3.63) is 23.9 Å². The fourth-order valence-electron chi connectivity index (χ4n) is 2.41. The SMILES string of the molecule is CCCCCOc1ncccc1C(O)CCCCCCC(=O)[O-]. The largest absolute Gasteiger partial charge is 0.550 e. The molecule has 1 heterocycles. The molecule has 0 spiro atoms. The number of carbonyl (C=O) groups excluding carboxylic acids is 1. The van der Waals surface area contributed by atoms with Crippen LogP contribution in [-0.2, 0) is 4.79 Å². The van der Waals surface area contributed by atoms with E-state index in [4.69, 9.17) is 4.74 Å². The molecule has 5 nitrogen and oxygen atoms in total. The Labute approximate surface area is 138 Å². The van der Waals surface area contributed by atoms with Crippen LogP contribution >= 0.6 is 0 Å². The van der Waals surface area contributed by atoms with E-state index in [9.17, 15) is 15.0 Å². The van der Waals surface area contributed by atoms with Crippen LogP contribution in [0.2, 0.25) is 0 Å². The zero-order valence-electron chi connectivity index (χ0n) is 14.0. The van der Waals surface area contributed by atoms with Gasteiger partial charge in [-0.3, -0.25) is 0 Å².